The molecular weight excluding hydrogens is 253 g/mol. The molecule has 2 N–H and O–H groups in total. The van der Waals surface area contributed by atoms with E-state index >= 15 is 0 Å². The molecule has 0 fully saturated rings. The molecule has 3 aromatic rings. The predicted molar refractivity (Wildman–Crippen MR) is 72.8 cm³/mol. The zero-order valence-corrected chi connectivity index (χ0v) is 10.3. The van der Waals surface area contributed by atoms with Crippen molar-refractivity contribution in [3.05, 3.63) is 36.4 Å². The predicted octanol–water partition coefficient (Wildman–Crippen LogP) is 1.70. The van der Waals surface area contributed by atoms with Gasteiger partial charge in [0.1, 0.15) is 5.01 Å². The van der Waals surface area contributed by atoms with E-state index in [4.69, 9.17) is 10.0 Å². The third-order valence-corrected chi connectivity index (χ3v) is 4.72. The molecule has 2 heterocycles. The van der Waals surface area contributed by atoms with Gasteiger partial charge in [-0.15, -0.1) is 22.7 Å². The van der Waals surface area contributed by atoms with Crippen LogP contribution < -0.4 is 4.78 Å². The normalized spacial score (nSPS) is 10.9. The van der Waals surface area contributed by atoms with Crippen molar-refractivity contribution in [1.82, 2.24) is 4.98 Å². The molecule has 0 aliphatic heterocycles. The van der Waals surface area contributed by atoms with Gasteiger partial charge >= 0.3 is 7.12 Å². The first-order valence-electron chi connectivity index (χ1n) is 5.06. The molecule has 0 bridgehead atoms. The van der Waals surface area contributed by atoms with Crippen LogP contribution >= 0.6 is 22.7 Å². The minimum absolute atomic E-state index is 0.541. The van der Waals surface area contributed by atoms with E-state index in [1.54, 1.807) is 17.4 Å². The first-order valence-corrected chi connectivity index (χ1v) is 6.69. The van der Waals surface area contributed by atoms with Gasteiger partial charge < -0.3 is 10.0 Å². The van der Waals surface area contributed by atoms with Crippen molar-refractivity contribution in [3.63, 3.8) is 0 Å². The fraction of sp³-hybridized carbons (Fsp3) is 0. The highest BCUT2D eigenvalue weighted by Crippen LogP contribution is 2.31. The molecule has 0 amide bonds. The van der Waals surface area contributed by atoms with Crippen molar-refractivity contribution in [2.24, 2.45) is 0 Å². The maximum Gasteiger partial charge on any atom is 0.499 e. The van der Waals surface area contributed by atoms with Crippen molar-refractivity contribution >= 4 is 44.8 Å². The molecule has 0 radical (unpaired) electrons. The Morgan fingerprint density at radius 2 is 1.82 bits per heavy atom. The van der Waals surface area contributed by atoms with Gasteiger partial charge in [-0.05, 0) is 18.2 Å². The van der Waals surface area contributed by atoms with Gasteiger partial charge in [0.25, 0.3) is 0 Å². The van der Waals surface area contributed by atoms with E-state index in [1.807, 2.05) is 30.3 Å². The first kappa shape index (κ1) is 10.9. The van der Waals surface area contributed by atoms with Crippen LogP contribution in [0.15, 0.2) is 36.4 Å². The van der Waals surface area contributed by atoms with Gasteiger partial charge in [-0.1, -0.05) is 18.2 Å². The monoisotopic (exact) mass is 261 g/mol. The number of benzene rings is 1. The Balaban J connectivity index is 2.07. The lowest BCUT2D eigenvalue weighted by Crippen LogP contribution is -2.26. The summed E-state index contributed by atoms with van der Waals surface area (Å²) < 4.78 is 1.68. The van der Waals surface area contributed by atoms with Crippen LogP contribution in [0.3, 0.4) is 0 Å². The summed E-state index contributed by atoms with van der Waals surface area (Å²) in [6.07, 6.45) is 0. The van der Waals surface area contributed by atoms with Crippen molar-refractivity contribution < 1.29 is 10.0 Å². The highest BCUT2D eigenvalue weighted by molar-refractivity contribution is 7.29. The molecule has 0 unspecified atom stereocenters. The van der Waals surface area contributed by atoms with Gasteiger partial charge in [-0.3, -0.25) is 0 Å². The average molecular weight is 261 g/mol. The molecule has 0 aliphatic rings. The van der Waals surface area contributed by atoms with Gasteiger partial charge in [0, 0.05) is 4.78 Å². The summed E-state index contributed by atoms with van der Waals surface area (Å²) >= 11 is 2.97. The van der Waals surface area contributed by atoms with Crippen LogP contribution in [0.1, 0.15) is 0 Å². The molecule has 0 saturated heterocycles. The maximum absolute atomic E-state index is 9.07. The number of hydrogen-bond donors (Lipinski definition) is 2. The summed E-state index contributed by atoms with van der Waals surface area (Å²) in [5, 5.41) is 19.1. The van der Waals surface area contributed by atoms with Crippen LogP contribution in [0.5, 0.6) is 0 Å². The lowest BCUT2D eigenvalue weighted by molar-refractivity contribution is 0.427. The van der Waals surface area contributed by atoms with Crippen molar-refractivity contribution in [3.8, 4) is 9.88 Å². The van der Waals surface area contributed by atoms with E-state index in [0.29, 0.717) is 4.78 Å². The van der Waals surface area contributed by atoms with Gasteiger partial charge in [0.2, 0.25) is 0 Å². The molecule has 0 spiro atoms. The topological polar surface area (TPSA) is 53.4 Å². The zero-order chi connectivity index (χ0) is 11.8. The minimum atomic E-state index is -1.40. The molecule has 2 aromatic heterocycles. The first-order chi connectivity index (χ1) is 8.24. The second kappa shape index (κ2) is 4.23. The summed E-state index contributed by atoms with van der Waals surface area (Å²) in [5.41, 5.74) is 0.979. The third kappa shape index (κ3) is 2.00. The summed E-state index contributed by atoms with van der Waals surface area (Å²) in [4.78, 5) is 5.49. The number of hydrogen-bond acceptors (Lipinski definition) is 5. The molecule has 1 aromatic carbocycles. The Labute approximate surface area is 106 Å². The molecule has 0 saturated carbocycles. The standard InChI is InChI=1S/C11H8BNO2S2/c14-12(15)10-6-5-9(16-10)11-13-7-3-1-2-4-8(7)17-11/h1-6,14-15H. The van der Waals surface area contributed by atoms with E-state index in [9.17, 15) is 0 Å². The Morgan fingerprint density at radius 3 is 2.53 bits per heavy atom. The van der Waals surface area contributed by atoms with E-state index in [2.05, 4.69) is 4.98 Å². The number of fused-ring (bicyclic) bond motifs is 1. The van der Waals surface area contributed by atoms with Crippen molar-refractivity contribution in [2.75, 3.05) is 0 Å². The van der Waals surface area contributed by atoms with Crippen LogP contribution in [-0.4, -0.2) is 22.2 Å². The number of nitrogens with zero attached hydrogens (tertiary/aromatic N) is 1. The van der Waals surface area contributed by atoms with Gasteiger partial charge in [0.15, 0.2) is 0 Å². The number of para-hydroxylation sites is 1. The van der Waals surface area contributed by atoms with Crippen LogP contribution in [-0.2, 0) is 0 Å². The SMILES string of the molecule is OB(O)c1ccc(-c2nc3ccccc3s2)s1. The summed E-state index contributed by atoms with van der Waals surface area (Å²) in [6, 6.07) is 11.6. The fourth-order valence-corrected chi connectivity index (χ4v) is 3.48. The van der Waals surface area contributed by atoms with Crippen molar-refractivity contribution in [1.29, 1.82) is 0 Å². The Morgan fingerprint density at radius 1 is 1.00 bits per heavy atom. The molecular formula is C11H8BNO2S2. The number of thiophene rings is 1. The van der Waals surface area contributed by atoms with Gasteiger partial charge in [-0.2, -0.15) is 0 Å². The van der Waals surface area contributed by atoms with Crippen LogP contribution in [0, 0.1) is 0 Å². The van der Waals surface area contributed by atoms with Crippen LogP contribution in [0.4, 0.5) is 0 Å². The molecule has 3 nitrogen and oxygen atoms in total. The minimum Gasteiger partial charge on any atom is -0.423 e. The van der Waals surface area contributed by atoms with Crippen LogP contribution in [0.25, 0.3) is 20.1 Å². The second-order valence-corrected chi connectivity index (χ2v) is 5.71. The zero-order valence-electron chi connectivity index (χ0n) is 8.70. The Bertz CT molecular complexity index is 629. The average Bonchev–Trinajstić information content (AvgIpc) is 2.95. The maximum atomic E-state index is 9.07. The fourth-order valence-electron chi connectivity index (χ4n) is 1.58. The van der Waals surface area contributed by atoms with E-state index in [1.165, 1.54) is 11.3 Å². The highest BCUT2D eigenvalue weighted by Gasteiger charge is 2.15. The summed E-state index contributed by atoms with van der Waals surface area (Å²) in [5.74, 6) is 0. The van der Waals surface area contributed by atoms with Crippen LogP contribution in [0.2, 0.25) is 0 Å². The Hall–Kier alpha value is -1.21. The molecule has 0 aliphatic carbocycles. The smallest absolute Gasteiger partial charge is 0.423 e. The molecule has 0 atom stereocenters. The number of thiazole rings is 1. The molecule has 84 valence electrons. The van der Waals surface area contributed by atoms with Crippen molar-refractivity contribution in [2.45, 2.75) is 0 Å². The molecule has 17 heavy (non-hydrogen) atoms. The third-order valence-electron chi connectivity index (χ3n) is 2.39. The lowest BCUT2D eigenvalue weighted by atomic mass is 9.90. The number of rotatable bonds is 2. The molecule has 3 rings (SSSR count). The summed E-state index contributed by atoms with van der Waals surface area (Å²) in [7, 11) is -1.40. The highest BCUT2D eigenvalue weighted by atomic mass is 32.1. The van der Waals surface area contributed by atoms with E-state index in [-0.39, 0.29) is 0 Å². The van der Waals surface area contributed by atoms with Gasteiger partial charge in [-0.25, -0.2) is 4.98 Å². The summed E-state index contributed by atoms with van der Waals surface area (Å²) in [6.45, 7) is 0. The second-order valence-electron chi connectivity index (χ2n) is 3.56. The largest absolute Gasteiger partial charge is 0.499 e. The van der Waals surface area contributed by atoms with E-state index in [0.717, 1.165) is 20.1 Å². The molecule has 6 heteroatoms. The van der Waals surface area contributed by atoms with Gasteiger partial charge in [0.05, 0.1) is 15.1 Å². The number of aromatic nitrogens is 1. The quantitative estimate of drug-likeness (QED) is 0.690. The lowest BCUT2D eigenvalue weighted by Gasteiger charge is -1.90. The Kier molecular flexibility index (Phi) is 2.72. The van der Waals surface area contributed by atoms with E-state index < -0.39 is 7.12 Å².